The summed E-state index contributed by atoms with van der Waals surface area (Å²) in [5, 5.41) is 17.8. The van der Waals surface area contributed by atoms with Crippen LogP contribution in [0, 0.1) is 0 Å². The molecule has 29 heavy (non-hydrogen) atoms. The zero-order chi connectivity index (χ0) is 21.5. The van der Waals surface area contributed by atoms with E-state index in [1.165, 1.54) is 12.1 Å². The lowest BCUT2D eigenvalue weighted by Crippen LogP contribution is -2.36. The fourth-order valence-electron chi connectivity index (χ4n) is 2.38. The average Bonchev–Trinajstić information content (AvgIpc) is 3.18. The summed E-state index contributed by atoms with van der Waals surface area (Å²) in [6, 6.07) is 3.79. The highest BCUT2D eigenvalue weighted by molar-refractivity contribution is 7.14. The minimum atomic E-state index is -4.57. The largest absolute Gasteiger partial charge is 0.493 e. The number of aliphatic hydroxyl groups is 1. The summed E-state index contributed by atoms with van der Waals surface area (Å²) >= 11 is 1.04. The van der Waals surface area contributed by atoms with Crippen molar-refractivity contribution >= 4 is 11.3 Å². The molecule has 10 heteroatoms. The first-order valence-electron chi connectivity index (χ1n) is 9.35. The van der Waals surface area contributed by atoms with Crippen LogP contribution in [0.5, 0.6) is 5.75 Å². The Morgan fingerprint density at radius 3 is 2.52 bits per heavy atom. The molecule has 0 amide bonds. The Kier molecular flexibility index (Phi) is 8.38. The van der Waals surface area contributed by atoms with Crippen LogP contribution in [0.25, 0.3) is 10.6 Å². The monoisotopic (exact) mass is 433 g/mol. The number of ether oxygens (including phenoxy) is 2. The number of hydrogen-bond donors (Lipinski definition) is 2. The first kappa shape index (κ1) is 23.5. The minimum absolute atomic E-state index is 0.170. The molecule has 0 saturated carbocycles. The van der Waals surface area contributed by atoms with Crippen molar-refractivity contribution < 1.29 is 27.8 Å². The van der Waals surface area contributed by atoms with E-state index in [1.54, 1.807) is 6.92 Å². The van der Waals surface area contributed by atoms with E-state index in [0.29, 0.717) is 24.6 Å². The van der Waals surface area contributed by atoms with E-state index in [2.05, 4.69) is 10.2 Å². The minimum Gasteiger partial charge on any atom is -0.493 e. The molecule has 2 rings (SSSR count). The molecular formula is C19H26F3N3O3S. The summed E-state index contributed by atoms with van der Waals surface area (Å²) in [7, 11) is 0. The standard InChI is InChI=1S/C19H26F3N3O3S/c1-3-8-27-9-4-5-10-28-15-7-6-13(11-14(15)19(20,21)22)16-24-25-17(29-16)18(2,23)12-26/h6-7,11,26H,3-5,8-10,12,23H2,1-2H3/t18-/m0/s1. The van der Waals surface area contributed by atoms with Crippen LogP contribution >= 0.6 is 11.3 Å². The van der Waals surface area contributed by atoms with Gasteiger partial charge in [0, 0.05) is 18.8 Å². The molecule has 162 valence electrons. The van der Waals surface area contributed by atoms with Crippen molar-refractivity contribution in [2.45, 2.75) is 44.8 Å². The van der Waals surface area contributed by atoms with Crippen LogP contribution in [-0.2, 0) is 16.5 Å². The molecule has 3 N–H and O–H groups in total. The zero-order valence-electron chi connectivity index (χ0n) is 16.5. The molecule has 0 aliphatic rings. The quantitative estimate of drug-likeness (QED) is 0.521. The van der Waals surface area contributed by atoms with Gasteiger partial charge in [0.1, 0.15) is 15.8 Å². The van der Waals surface area contributed by atoms with Gasteiger partial charge < -0.3 is 20.3 Å². The lowest BCUT2D eigenvalue weighted by molar-refractivity contribution is -0.138. The second-order valence-electron chi connectivity index (χ2n) is 6.86. The van der Waals surface area contributed by atoms with E-state index in [-0.39, 0.29) is 29.5 Å². The number of nitrogens with zero attached hydrogens (tertiary/aromatic N) is 2. The molecule has 0 radical (unpaired) electrons. The van der Waals surface area contributed by atoms with Crippen LogP contribution in [0.3, 0.4) is 0 Å². The van der Waals surface area contributed by atoms with Crippen molar-refractivity contribution in [1.29, 1.82) is 0 Å². The van der Waals surface area contributed by atoms with Crippen LogP contribution in [0.15, 0.2) is 18.2 Å². The van der Waals surface area contributed by atoms with Gasteiger partial charge in [0.25, 0.3) is 0 Å². The first-order valence-corrected chi connectivity index (χ1v) is 10.2. The molecule has 1 atom stereocenters. The molecule has 1 aromatic heterocycles. The van der Waals surface area contributed by atoms with Gasteiger partial charge >= 0.3 is 6.18 Å². The lowest BCUT2D eigenvalue weighted by Gasteiger charge is -2.17. The van der Waals surface area contributed by atoms with Gasteiger partial charge in [-0.3, -0.25) is 0 Å². The molecule has 0 saturated heterocycles. The maximum atomic E-state index is 13.5. The molecule has 0 bridgehead atoms. The Labute approximate surface area is 171 Å². The van der Waals surface area contributed by atoms with Crippen LogP contribution in [0.2, 0.25) is 0 Å². The fraction of sp³-hybridized carbons (Fsp3) is 0.579. The van der Waals surface area contributed by atoms with Gasteiger partial charge in [0.2, 0.25) is 0 Å². The molecule has 1 aromatic carbocycles. The molecule has 2 aromatic rings. The average molecular weight is 433 g/mol. The summed E-state index contributed by atoms with van der Waals surface area (Å²) in [5.74, 6) is -0.223. The van der Waals surface area contributed by atoms with E-state index in [0.717, 1.165) is 30.2 Å². The predicted octanol–water partition coefficient (Wildman–Crippen LogP) is 3.98. The maximum absolute atomic E-state index is 13.5. The van der Waals surface area contributed by atoms with E-state index in [9.17, 15) is 18.3 Å². The molecule has 6 nitrogen and oxygen atoms in total. The Bertz CT molecular complexity index is 782. The van der Waals surface area contributed by atoms with Crippen LogP contribution in [-0.4, -0.2) is 41.7 Å². The molecule has 0 spiro atoms. The van der Waals surface area contributed by atoms with E-state index in [1.807, 2.05) is 6.92 Å². The predicted molar refractivity (Wildman–Crippen MR) is 105 cm³/mol. The van der Waals surface area contributed by atoms with Gasteiger partial charge in [-0.25, -0.2) is 0 Å². The number of nitrogens with two attached hydrogens (primary N) is 1. The Morgan fingerprint density at radius 2 is 1.86 bits per heavy atom. The zero-order valence-corrected chi connectivity index (χ0v) is 17.3. The van der Waals surface area contributed by atoms with Crippen LogP contribution in [0.4, 0.5) is 13.2 Å². The molecular weight excluding hydrogens is 407 g/mol. The number of hydrogen-bond acceptors (Lipinski definition) is 7. The lowest BCUT2D eigenvalue weighted by atomic mass is 10.1. The Morgan fingerprint density at radius 1 is 1.14 bits per heavy atom. The third kappa shape index (κ3) is 6.63. The number of benzene rings is 1. The Balaban J connectivity index is 2.12. The number of unbranched alkanes of at least 4 members (excludes halogenated alkanes) is 1. The summed E-state index contributed by atoms with van der Waals surface area (Å²) in [4.78, 5) is 0. The SMILES string of the molecule is CCCOCCCCOc1ccc(-c2nnc([C@@](C)(N)CO)s2)cc1C(F)(F)F. The summed E-state index contributed by atoms with van der Waals surface area (Å²) in [5.41, 5.74) is 4.19. The van der Waals surface area contributed by atoms with Crippen molar-refractivity contribution in [2.75, 3.05) is 26.4 Å². The van der Waals surface area contributed by atoms with E-state index >= 15 is 0 Å². The molecule has 1 heterocycles. The molecule has 0 aliphatic carbocycles. The van der Waals surface area contributed by atoms with Gasteiger partial charge in [-0.2, -0.15) is 13.2 Å². The van der Waals surface area contributed by atoms with Gasteiger partial charge in [-0.1, -0.05) is 18.3 Å². The fourth-order valence-corrected chi connectivity index (χ4v) is 3.27. The number of aromatic nitrogens is 2. The molecule has 0 fully saturated rings. The normalized spacial score (nSPS) is 14.0. The van der Waals surface area contributed by atoms with Gasteiger partial charge in [0.15, 0.2) is 0 Å². The third-order valence-corrected chi connectivity index (χ3v) is 5.31. The van der Waals surface area contributed by atoms with Gasteiger partial charge in [-0.05, 0) is 44.4 Å². The van der Waals surface area contributed by atoms with Crippen molar-refractivity contribution in [3.05, 3.63) is 28.8 Å². The maximum Gasteiger partial charge on any atom is 0.419 e. The first-order chi connectivity index (χ1) is 13.7. The van der Waals surface area contributed by atoms with E-state index in [4.69, 9.17) is 15.2 Å². The second-order valence-corrected chi connectivity index (χ2v) is 7.84. The van der Waals surface area contributed by atoms with Crippen molar-refractivity contribution in [3.63, 3.8) is 0 Å². The van der Waals surface area contributed by atoms with Crippen molar-refractivity contribution in [1.82, 2.24) is 10.2 Å². The second kappa shape index (κ2) is 10.3. The summed E-state index contributed by atoms with van der Waals surface area (Å²) < 4.78 is 51.3. The summed E-state index contributed by atoms with van der Waals surface area (Å²) in [6.45, 7) is 4.64. The Hall–Kier alpha value is -1.75. The number of halogens is 3. The van der Waals surface area contributed by atoms with Crippen LogP contribution < -0.4 is 10.5 Å². The number of aliphatic hydroxyl groups excluding tert-OH is 1. The highest BCUT2D eigenvalue weighted by Crippen LogP contribution is 2.39. The topological polar surface area (TPSA) is 90.5 Å². The van der Waals surface area contributed by atoms with Crippen LogP contribution in [0.1, 0.15) is 43.7 Å². The highest BCUT2D eigenvalue weighted by Gasteiger charge is 2.35. The van der Waals surface area contributed by atoms with Gasteiger partial charge in [-0.15, -0.1) is 10.2 Å². The highest BCUT2D eigenvalue weighted by atomic mass is 32.1. The molecule has 0 aliphatic heterocycles. The summed E-state index contributed by atoms with van der Waals surface area (Å²) in [6.07, 6.45) is -2.33. The van der Waals surface area contributed by atoms with Crippen molar-refractivity contribution in [2.24, 2.45) is 5.73 Å². The smallest absolute Gasteiger partial charge is 0.419 e. The number of rotatable bonds is 11. The number of alkyl halides is 3. The van der Waals surface area contributed by atoms with Crippen molar-refractivity contribution in [3.8, 4) is 16.3 Å². The van der Waals surface area contributed by atoms with Gasteiger partial charge in [0.05, 0.1) is 24.3 Å². The third-order valence-electron chi connectivity index (χ3n) is 4.06. The van der Waals surface area contributed by atoms with E-state index < -0.39 is 17.3 Å². The molecule has 0 unspecified atom stereocenters.